The fourth-order valence-corrected chi connectivity index (χ4v) is 4.08. The molecule has 0 aromatic carbocycles. The molecular weight excluding hydrogens is 447 g/mol. The van der Waals surface area contributed by atoms with Gasteiger partial charge in [0.15, 0.2) is 21.5 Å². The third kappa shape index (κ3) is 3.86. The summed E-state index contributed by atoms with van der Waals surface area (Å²) in [6, 6.07) is 4.80. The van der Waals surface area contributed by atoms with Gasteiger partial charge in [-0.2, -0.15) is 18.3 Å². The second kappa shape index (κ2) is 7.82. The van der Waals surface area contributed by atoms with E-state index < -0.39 is 21.6 Å². The molecular formula is C19H16F3N7O2S. The summed E-state index contributed by atoms with van der Waals surface area (Å²) in [4.78, 5) is 8.14. The van der Waals surface area contributed by atoms with E-state index in [0.29, 0.717) is 5.69 Å². The first-order valence-corrected chi connectivity index (χ1v) is 10.9. The van der Waals surface area contributed by atoms with Crippen LogP contribution in [0.25, 0.3) is 28.7 Å². The Kier molecular flexibility index (Phi) is 5.28. The molecule has 13 heteroatoms. The highest BCUT2D eigenvalue weighted by atomic mass is 32.2. The molecule has 166 valence electrons. The highest BCUT2D eigenvalue weighted by Gasteiger charge is 2.31. The lowest BCUT2D eigenvalue weighted by atomic mass is 10.2. The van der Waals surface area contributed by atoms with Gasteiger partial charge in [-0.1, -0.05) is 6.92 Å². The molecule has 4 heterocycles. The van der Waals surface area contributed by atoms with Crippen molar-refractivity contribution in [2.45, 2.75) is 18.0 Å². The molecule has 0 fully saturated rings. The first kappa shape index (κ1) is 21.6. The summed E-state index contributed by atoms with van der Waals surface area (Å²) < 4.78 is 67.6. The van der Waals surface area contributed by atoms with Gasteiger partial charge in [0.05, 0.1) is 28.1 Å². The lowest BCUT2D eigenvalue weighted by molar-refractivity contribution is -0.137. The van der Waals surface area contributed by atoms with Gasteiger partial charge in [-0.05, 0) is 24.3 Å². The van der Waals surface area contributed by atoms with Crippen LogP contribution in [0.3, 0.4) is 0 Å². The van der Waals surface area contributed by atoms with E-state index in [-0.39, 0.29) is 33.7 Å². The van der Waals surface area contributed by atoms with Crippen LogP contribution in [0.15, 0.2) is 53.9 Å². The lowest BCUT2D eigenvalue weighted by Crippen LogP contribution is -2.11. The zero-order valence-electron chi connectivity index (χ0n) is 16.8. The average Bonchev–Trinajstić information content (AvgIpc) is 3.43. The van der Waals surface area contributed by atoms with E-state index in [0.717, 1.165) is 18.3 Å². The molecule has 0 radical (unpaired) electrons. The first-order valence-electron chi connectivity index (χ1n) is 9.28. The van der Waals surface area contributed by atoms with E-state index in [4.69, 9.17) is 0 Å². The maximum atomic E-state index is 13.1. The van der Waals surface area contributed by atoms with Gasteiger partial charge in [0.25, 0.3) is 0 Å². The molecule has 4 rings (SSSR count). The van der Waals surface area contributed by atoms with Crippen molar-refractivity contribution in [2.75, 3.05) is 5.75 Å². The molecule has 0 bridgehead atoms. The van der Waals surface area contributed by atoms with Crippen LogP contribution in [0.4, 0.5) is 13.2 Å². The Bertz CT molecular complexity index is 1380. The Morgan fingerprint density at radius 2 is 1.81 bits per heavy atom. The molecule has 0 spiro atoms. The lowest BCUT2D eigenvalue weighted by Gasteiger charge is -2.11. The standard InChI is InChI=1S/C19H16F3N7O2S/c1-3-32(30,31)15-10-13(29-8-4-6-25-29)11-24-16(15)18-27-26-17(28(18)2)14-9-12(5-7-23-14)19(20,21)22/h4-11H,3H2,1-2H3. The van der Waals surface area contributed by atoms with E-state index in [1.165, 1.54) is 35.5 Å². The van der Waals surface area contributed by atoms with Crippen LogP contribution < -0.4 is 0 Å². The predicted molar refractivity (Wildman–Crippen MR) is 107 cm³/mol. The van der Waals surface area contributed by atoms with Crippen molar-refractivity contribution in [3.63, 3.8) is 0 Å². The Hall–Kier alpha value is -3.61. The van der Waals surface area contributed by atoms with Crippen LogP contribution in [-0.4, -0.2) is 48.7 Å². The number of pyridine rings is 2. The number of hydrogen-bond donors (Lipinski definition) is 0. The molecule has 0 N–H and O–H groups in total. The van der Waals surface area contributed by atoms with Crippen molar-refractivity contribution >= 4 is 9.84 Å². The van der Waals surface area contributed by atoms with Gasteiger partial charge in [-0.15, -0.1) is 10.2 Å². The highest BCUT2D eigenvalue weighted by molar-refractivity contribution is 7.91. The summed E-state index contributed by atoms with van der Waals surface area (Å²) >= 11 is 0. The van der Waals surface area contributed by atoms with E-state index in [9.17, 15) is 21.6 Å². The number of nitrogens with zero attached hydrogens (tertiary/aromatic N) is 7. The minimum atomic E-state index is -4.55. The summed E-state index contributed by atoms with van der Waals surface area (Å²) in [5.74, 6) is -0.0911. The molecule has 32 heavy (non-hydrogen) atoms. The van der Waals surface area contributed by atoms with Gasteiger partial charge in [-0.25, -0.2) is 18.1 Å². The molecule has 0 unspecified atom stereocenters. The average molecular weight is 463 g/mol. The number of sulfone groups is 1. The van der Waals surface area contributed by atoms with Gasteiger partial charge in [0, 0.05) is 25.6 Å². The number of halogens is 3. The number of alkyl halides is 3. The number of rotatable bonds is 5. The second-order valence-corrected chi connectivity index (χ2v) is 8.97. The van der Waals surface area contributed by atoms with E-state index in [1.54, 1.807) is 18.5 Å². The normalized spacial score (nSPS) is 12.3. The third-order valence-corrected chi connectivity index (χ3v) is 6.47. The Morgan fingerprint density at radius 3 is 2.47 bits per heavy atom. The zero-order chi connectivity index (χ0) is 23.1. The second-order valence-electron chi connectivity index (χ2n) is 6.73. The van der Waals surface area contributed by atoms with E-state index in [1.807, 2.05) is 0 Å². The molecule has 0 saturated carbocycles. The fourth-order valence-electron chi connectivity index (χ4n) is 3.03. The molecule has 0 aliphatic heterocycles. The van der Waals surface area contributed by atoms with Crippen LogP contribution in [0, 0.1) is 0 Å². The topological polar surface area (TPSA) is 108 Å². The van der Waals surface area contributed by atoms with Crippen molar-refractivity contribution in [2.24, 2.45) is 7.05 Å². The summed E-state index contributed by atoms with van der Waals surface area (Å²) in [7, 11) is -2.24. The Labute approximate surface area is 180 Å². The predicted octanol–water partition coefficient (Wildman–Crippen LogP) is 2.94. The smallest absolute Gasteiger partial charge is 0.307 e. The minimum absolute atomic E-state index is 0.0241. The summed E-state index contributed by atoms with van der Waals surface area (Å²) in [5.41, 5.74) is -0.499. The van der Waals surface area contributed by atoms with Crippen molar-refractivity contribution in [3.8, 4) is 28.7 Å². The largest absolute Gasteiger partial charge is 0.416 e. The van der Waals surface area contributed by atoms with Crippen LogP contribution in [0.5, 0.6) is 0 Å². The first-order chi connectivity index (χ1) is 15.1. The van der Waals surface area contributed by atoms with Gasteiger partial charge in [0.2, 0.25) is 0 Å². The van der Waals surface area contributed by atoms with Crippen LogP contribution in [-0.2, 0) is 23.1 Å². The number of hydrogen-bond acceptors (Lipinski definition) is 7. The van der Waals surface area contributed by atoms with Crippen molar-refractivity contribution in [1.29, 1.82) is 0 Å². The van der Waals surface area contributed by atoms with E-state index >= 15 is 0 Å². The van der Waals surface area contributed by atoms with Gasteiger partial charge < -0.3 is 4.57 Å². The minimum Gasteiger partial charge on any atom is -0.307 e. The Balaban J connectivity index is 1.86. The number of aromatic nitrogens is 7. The van der Waals surface area contributed by atoms with Crippen LogP contribution >= 0.6 is 0 Å². The fraction of sp³-hybridized carbons (Fsp3) is 0.211. The van der Waals surface area contributed by atoms with Crippen molar-refractivity contribution in [1.82, 2.24) is 34.5 Å². The van der Waals surface area contributed by atoms with E-state index in [2.05, 4.69) is 25.3 Å². The molecule has 4 aromatic rings. The molecule has 0 amide bonds. The maximum Gasteiger partial charge on any atom is 0.416 e. The molecule has 0 aliphatic carbocycles. The van der Waals surface area contributed by atoms with Gasteiger partial charge >= 0.3 is 6.18 Å². The highest BCUT2D eigenvalue weighted by Crippen LogP contribution is 2.32. The summed E-state index contributed by atoms with van der Waals surface area (Å²) in [6.07, 6.45) is 1.08. The monoisotopic (exact) mass is 463 g/mol. The SMILES string of the molecule is CCS(=O)(=O)c1cc(-n2cccn2)cnc1-c1nnc(-c2cc(C(F)(F)F)ccn2)n1C. The van der Waals surface area contributed by atoms with Crippen LogP contribution in [0.1, 0.15) is 12.5 Å². The molecule has 0 saturated heterocycles. The zero-order valence-corrected chi connectivity index (χ0v) is 17.6. The van der Waals surface area contributed by atoms with Gasteiger partial charge in [-0.3, -0.25) is 4.98 Å². The van der Waals surface area contributed by atoms with Crippen molar-refractivity contribution < 1.29 is 21.6 Å². The molecule has 4 aromatic heterocycles. The maximum absolute atomic E-state index is 13.1. The van der Waals surface area contributed by atoms with Crippen molar-refractivity contribution in [3.05, 3.63) is 54.6 Å². The summed E-state index contributed by atoms with van der Waals surface area (Å²) in [6.45, 7) is 1.49. The molecule has 0 atom stereocenters. The quantitative estimate of drug-likeness (QED) is 0.448. The summed E-state index contributed by atoms with van der Waals surface area (Å²) in [5, 5.41) is 12.0. The molecule has 0 aliphatic rings. The Morgan fingerprint density at radius 1 is 1.06 bits per heavy atom. The third-order valence-electron chi connectivity index (χ3n) is 4.73. The van der Waals surface area contributed by atoms with Gasteiger partial charge in [0.1, 0.15) is 11.4 Å². The van der Waals surface area contributed by atoms with Crippen LogP contribution in [0.2, 0.25) is 0 Å². The molecule has 9 nitrogen and oxygen atoms in total.